The predicted molar refractivity (Wildman–Crippen MR) is 93.3 cm³/mol. The number of rotatable bonds is 4. The van der Waals surface area contributed by atoms with E-state index in [0.29, 0.717) is 24.1 Å². The monoisotopic (exact) mass is 378 g/mol. The Morgan fingerprint density at radius 2 is 1.81 bits per heavy atom. The molecule has 1 aromatic carbocycles. The number of hydrogen-bond acceptors (Lipinski definition) is 7. The second kappa shape index (κ2) is 8.25. The normalized spacial score (nSPS) is 19.3. The number of amides is 1. The number of aromatic nitrogens is 3. The zero-order valence-electron chi connectivity index (χ0n) is 14.9. The topological polar surface area (TPSA) is 161 Å². The number of carbonyl (C=O) groups excluding carboxylic acids is 1. The molecule has 2 aromatic rings. The van der Waals surface area contributed by atoms with E-state index in [9.17, 15) is 9.59 Å². The Morgan fingerprint density at radius 1 is 1.22 bits per heavy atom. The Balaban J connectivity index is 0.000000465. The van der Waals surface area contributed by atoms with Gasteiger partial charge in [-0.05, 0) is 26.7 Å². The van der Waals surface area contributed by atoms with E-state index in [-0.39, 0.29) is 5.69 Å². The summed E-state index contributed by atoms with van der Waals surface area (Å²) in [6, 6.07) is 9.06. The smallest absolute Gasteiger partial charge is 0.332 e. The molecule has 2 unspecified atom stereocenters. The van der Waals surface area contributed by atoms with E-state index >= 15 is 0 Å². The van der Waals surface area contributed by atoms with Gasteiger partial charge in [-0.1, -0.05) is 35.5 Å². The highest BCUT2D eigenvalue weighted by Gasteiger charge is 2.34. The lowest BCUT2D eigenvalue weighted by Gasteiger charge is -2.14. The first-order valence-corrected chi connectivity index (χ1v) is 8.21. The number of carboxylic acids is 1. The maximum Gasteiger partial charge on any atom is 0.332 e. The molecule has 146 valence electrons. The Bertz CT molecular complexity index is 794. The maximum atomic E-state index is 11.6. The zero-order chi connectivity index (χ0) is 20.2. The van der Waals surface area contributed by atoms with Crippen molar-refractivity contribution in [2.75, 3.05) is 0 Å². The fourth-order valence-electron chi connectivity index (χ4n) is 2.51. The molecule has 0 aliphatic carbocycles. The SMILES string of the molecule is CC(C)(O)O.NC(=O)c1nnn(C2CCC(C(=O)O)O2)c1-c1ccccc1. The second-order valence-electron chi connectivity index (χ2n) is 6.45. The predicted octanol–water partition coefficient (Wildman–Crippen LogP) is 0.513. The van der Waals surface area contributed by atoms with Crippen LogP contribution in [0.4, 0.5) is 0 Å². The summed E-state index contributed by atoms with van der Waals surface area (Å²) in [6.07, 6.45) is -0.620. The number of carboxylic acid groups (broad SMARTS) is 1. The van der Waals surface area contributed by atoms with E-state index in [2.05, 4.69) is 10.3 Å². The lowest BCUT2D eigenvalue weighted by molar-refractivity contribution is -0.151. The van der Waals surface area contributed by atoms with Crippen molar-refractivity contribution in [3.63, 3.8) is 0 Å². The molecule has 1 aromatic heterocycles. The first-order valence-electron chi connectivity index (χ1n) is 8.21. The zero-order valence-corrected chi connectivity index (χ0v) is 14.9. The Morgan fingerprint density at radius 3 is 2.30 bits per heavy atom. The van der Waals surface area contributed by atoms with Crippen molar-refractivity contribution in [1.82, 2.24) is 15.0 Å². The summed E-state index contributed by atoms with van der Waals surface area (Å²) < 4.78 is 6.90. The van der Waals surface area contributed by atoms with E-state index in [1.165, 1.54) is 18.5 Å². The minimum absolute atomic E-state index is 0.0357. The number of nitrogens with zero attached hydrogens (tertiary/aromatic N) is 3. The number of hydrogen-bond donors (Lipinski definition) is 4. The van der Waals surface area contributed by atoms with E-state index < -0.39 is 30.0 Å². The van der Waals surface area contributed by atoms with Gasteiger partial charge in [0, 0.05) is 5.56 Å². The van der Waals surface area contributed by atoms with Crippen molar-refractivity contribution >= 4 is 11.9 Å². The first-order chi connectivity index (χ1) is 12.6. The van der Waals surface area contributed by atoms with Crippen LogP contribution in [0.3, 0.4) is 0 Å². The molecule has 0 radical (unpaired) electrons. The van der Waals surface area contributed by atoms with Gasteiger partial charge in [-0.2, -0.15) is 0 Å². The van der Waals surface area contributed by atoms with E-state index in [1.54, 1.807) is 12.1 Å². The molecule has 0 spiro atoms. The summed E-state index contributed by atoms with van der Waals surface area (Å²) in [4.78, 5) is 22.6. The number of carbonyl (C=O) groups is 2. The Kier molecular flexibility index (Phi) is 6.26. The van der Waals surface area contributed by atoms with Crippen LogP contribution in [0.1, 0.15) is 43.4 Å². The fraction of sp³-hybridized carbons (Fsp3) is 0.412. The molecule has 2 heterocycles. The van der Waals surface area contributed by atoms with Crippen LogP contribution in [-0.4, -0.2) is 54.1 Å². The minimum atomic E-state index is -1.50. The average Bonchev–Trinajstić information content (AvgIpc) is 3.21. The van der Waals surface area contributed by atoms with Crippen LogP contribution >= 0.6 is 0 Å². The number of aliphatic carboxylic acids is 1. The molecule has 10 nitrogen and oxygen atoms in total. The summed E-state index contributed by atoms with van der Waals surface area (Å²) in [7, 11) is 0. The third-order valence-electron chi connectivity index (χ3n) is 3.52. The second-order valence-corrected chi connectivity index (χ2v) is 6.45. The van der Waals surface area contributed by atoms with Crippen LogP contribution in [0.2, 0.25) is 0 Å². The molecule has 3 rings (SSSR count). The van der Waals surface area contributed by atoms with Gasteiger partial charge in [0.05, 0.1) is 0 Å². The Labute approximate surface area is 155 Å². The first kappa shape index (κ1) is 20.5. The molecule has 10 heteroatoms. The summed E-state index contributed by atoms with van der Waals surface area (Å²) in [6.45, 7) is 2.60. The highest BCUT2D eigenvalue weighted by molar-refractivity contribution is 5.96. The fourth-order valence-corrected chi connectivity index (χ4v) is 2.51. The molecular formula is C17H22N4O6. The molecule has 27 heavy (non-hydrogen) atoms. The van der Waals surface area contributed by atoms with Gasteiger partial charge in [-0.3, -0.25) is 4.79 Å². The van der Waals surface area contributed by atoms with Crippen molar-refractivity contribution in [3.8, 4) is 11.3 Å². The molecule has 1 saturated heterocycles. The van der Waals surface area contributed by atoms with Crippen molar-refractivity contribution in [2.45, 2.75) is 44.8 Å². The number of aliphatic hydroxyl groups is 2. The molecule has 5 N–H and O–H groups in total. The molecule has 1 amide bonds. The van der Waals surface area contributed by atoms with Gasteiger partial charge in [-0.25, -0.2) is 9.48 Å². The molecule has 0 saturated carbocycles. The molecule has 1 fully saturated rings. The molecular weight excluding hydrogens is 356 g/mol. The van der Waals surface area contributed by atoms with E-state index in [4.69, 9.17) is 25.8 Å². The molecule has 1 aliphatic heterocycles. The number of nitrogens with two attached hydrogens (primary N) is 1. The van der Waals surface area contributed by atoms with Crippen LogP contribution < -0.4 is 5.73 Å². The van der Waals surface area contributed by atoms with Crippen LogP contribution in [0, 0.1) is 0 Å². The summed E-state index contributed by atoms with van der Waals surface area (Å²) in [5.41, 5.74) is 6.53. The lowest BCUT2D eigenvalue weighted by atomic mass is 10.1. The number of primary amides is 1. The summed E-state index contributed by atoms with van der Waals surface area (Å²) >= 11 is 0. The third kappa shape index (κ3) is 5.58. The van der Waals surface area contributed by atoms with E-state index in [1.807, 2.05) is 18.2 Å². The number of benzene rings is 1. The standard InChI is InChI=1S/C14H14N4O4.C3H8O2/c15-13(19)11-12(8-4-2-1-3-5-8)18(17-16-11)10-7-6-9(22-10)14(20)21;1-3(2,4)5/h1-5,9-10H,6-7H2,(H2,15,19)(H,20,21);4-5H,1-2H3. The van der Waals surface area contributed by atoms with Crippen molar-refractivity contribution < 1.29 is 29.6 Å². The maximum absolute atomic E-state index is 11.6. The van der Waals surface area contributed by atoms with Crippen molar-refractivity contribution in [1.29, 1.82) is 0 Å². The van der Waals surface area contributed by atoms with Gasteiger partial charge in [0.1, 0.15) is 5.69 Å². The highest BCUT2D eigenvalue weighted by Crippen LogP contribution is 2.33. The largest absolute Gasteiger partial charge is 0.479 e. The van der Waals surface area contributed by atoms with Gasteiger partial charge in [0.2, 0.25) is 0 Å². The Hall–Kier alpha value is -2.82. The summed E-state index contributed by atoms with van der Waals surface area (Å²) in [5, 5.41) is 32.9. The van der Waals surface area contributed by atoms with Gasteiger partial charge >= 0.3 is 5.97 Å². The highest BCUT2D eigenvalue weighted by atomic mass is 16.5. The minimum Gasteiger partial charge on any atom is -0.479 e. The average molecular weight is 378 g/mol. The third-order valence-corrected chi connectivity index (χ3v) is 3.52. The van der Waals surface area contributed by atoms with E-state index in [0.717, 1.165) is 0 Å². The van der Waals surface area contributed by atoms with Crippen LogP contribution in [0.15, 0.2) is 30.3 Å². The molecule has 0 bridgehead atoms. The lowest BCUT2D eigenvalue weighted by Crippen LogP contribution is -2.21. The molecule has 2 atom stereocenters. The quantitative estimate of drug-likeness (QED) is 0.560. The van der Waals surface area contributed by atoms with Crippen molar-refractivity contribution in [2.24, 2.45) is 5.73 Å². The number of ether oxygens (including phenoxy) is 1. The summed E-state index contributed by atoms with van der Waals surface area (Å²) in [5.74, 6) is -3.21. The van der Waals surface area contributed by atoms with Gasteiger partial charge in [0.25, 0.3) is 5.91 Å². The van der Waals surface area contributed by atoms with Gasteiger partial charge < -0.3 is 25.8 Å². The van der Waals surface area contributed by atoms with Crippen LogP contribution in [0.25, 0.3) is 11.3 Å². The molecule has 1 aliphatic rings. The van der Waals surface area contributed by atoms with Gasteiger partial charge in [0.15, 0.2) is 23.8 Å². The van der Waals surface area contributed by atoms with Crippen molar-refractivity contribution in [3.05, 3.63) is 36.0 Å². The van der Waals surface area contributed by atoms with Gasteiger partial charge in [-0.15, -0.1) is 5.10 Å². The van der Waals surface area contributed by atoms with Crippen LogP contribution in [0.5, 0.6) is 0 Å². The van der Waals surface area contributed by atoms with Crippen LogP contribution in [-0.2, 0) is 9.53 Å².